The zero-order valence-electron chi connectivity index (χ0n) is 16.8. The maximum Gasteiger partial charge on any atom is 0.277 e. The zero-order chi connectivity index (χ0) is 20.6. The third-order valence-corrected chi connectivity index (χ3v) is 5.24. The lowest BCUT2D eigenvalue weighted by Gasteiger charge is -2.37. The molecule has 2 amide bonds. The first-order valence-electron chi connectivity index (χ1n) is 9.79. The van der Waals surface area contributed by atoms with E-state index >= 15 is 0 Å². The van der Waals surface area contributed by atoms with E-state index < -0.39 is 4.92 Å². The molecule has 1 aromatic carbocycles. The van der Waals surface area contributed by atoms with E-state index in [1.54, 1.807) is 12.1 Å². The number of hydrogen-bond donors (Lipinski definition) is 0. The van der Waals surface area contributed by atoms with Crippen molar-refractivity contribution in [1.29, 1.82) is 0 Å². The number of nitrogens with zero attached hydrogens (tertiary/aromatic N) is 3. The van der Waals surface area contributed by atoms with Gasteiger partial charge < -0.3 is 4.90 Å². The standard InChI is InChI=1S/C21H27N3O4/c1-13(2)10-23-20(25)18(16-5-7-17(8-6-16)24(27)28)19(21(23)26)22-11-14(3)9-15(4)12-22/h5-8,13-15H,9-12H2,1-4H3. The normalized spacial score (nSPS) is 23.2. The molecule has 7 nitrogen and oxygen atoms in total. The minimum Gasteiger partial charge on any atom is -0.366 e. The Morgan fingerprint density at radius 3 is 2.14 bits per heavy atom. The Kier molecular flexibility index (Phi) is 5.54. The fourth-order valence-corrected chi connectivity index (χ4v) is 4.24. The van der Waals surface area contributed by atoms with E-state index in [0.29, 0.717) is 35.2 Å². The number of nitro benzene ring substituents is 1. The number of rotatable bonds is 5. The second-order valence-electron chi connectivity index (χ2n) is 8.49. The fourth-order valence-electron chi connectivity index (χ4n) is 4.24. The molecule has 2 aliphatic heterocycles. The summed E-state index contributed by atoms with van der Waals surface area (Å²) in [7, 11) is 0. The molecule has 1 saturated heterocycles. The van der Waals surface area contributed by atoms with Crippen LogP contribution in [0.25, 0.3) is 5.57 Å². The molecule has 0 aromatic heterocycles. The van der Waals surface area contributed by atoms with Crippen molar-refractivity contribution < 1.29 is 14.5 Å². The van der Waals surface area contributed by atoms with Crippen LogP contribution in [0.15, 0.2) is 30.0 Å². The van der Waals surface area contributed by atoms with E-state index in [2.05, 4.69) is 13.8 Å². The first-order chi connectivity index (χ1) is 13.2. The lowest BCUT2D eigenvalue weighted by atomic mass is 9.91. The lowest BCUT2D eigenvalue weighted by molar-refractivity contribution is -0.384. The number of carbonyl (C=O) groups is 2. The minimum absolute atomic E-state index is 0.0399. The summed E-state index contributed by atoms with van der Waals surface area (Å²) in [5.41, 5.74) is 1.32. The number of nitro groups is 1. The average molecular weight is 385 g/mol. The molecule has 2 unspecified atom stereocenters. The Morgan fingerprint density at radius 2 is 1.64 bits per heavy atom. The van der Waals surface area contributed by atoms with Crippen molar-refractivity contribution in [2.45, 2.75) is 34.1 Å². The Bertz CT molecular complexity index is 819. The Morgan fingerprint density at radius 1 is 1.07 bits per heavy atom. The van der Waals surface area contributed by atoms with Crippen LogP contribution in [0.4, 0.5) is 5.69 Å². The smallest absolute Gasteiger partial charge is 0.277 e. The topological polar surface area (TPSA) is 83.8 Å². The molecule has 0 radical (unpaired) electrons. The van der Waals surface area contributed by atoms with Crippen molar-refractivity contribution in [2.75, 3.05) is 19.6 Å². The van der Waals surface area contributed by atoms with Gasteiger partial charge in [-0.1, -0.05) is 27.7 Å². The highest BCUT2D eigenvalue weighted by atomic mass is 16.6. The Hall–Kier alpha value is -2.70. The highest BCUT2D eigenvalue weighted by molar-refractivity contribution is 6.35. The molecule has 2 atom stereocenters. The van der Waals surface area contributed by atoms with Crippen molar-refractivity contribution in [2.24, 2.45) is 17.8 Å². The Labute approximate surface area is 165 Å². The second kappa shape index (κ2) is 7.73. The minimum atomic E-state index is -0.472. The summed E-state index contributed by atoms with van der Waals surface area (Å²) >= 11 is 0. The maximum atomic E-state index is 13.2. The molecule has 28 heavy (non-hydrogen) atoms. The number of non-ortho nitro benzene ring substituents is 1. The largest absolute Gasteiger partial charge is 0.366 e. The van der Waals surface area contributed by atoms with Gasteiger partial charge in [-0.15, -0.1) is 0 Å². The number of piperidine rings is 1. The predicted molar refractivity (Wildman–Crippen MR) is 106 cm³/mol. The number of imide groups is 1. The van der Waals surface area contributed by atoms with Crippen LogP contribution in [0, 0.1) is 27.9 Å². The summed E-state index contributed by atoms with van der Waals surface area (Å²) in [5.74, 6) is 0.444. The van der Waals surface area contributed by atoms with Gasteiger partial charge in [0.2, 0.25) is 0 Å². The van der Waals surface area contributed by atoms with Gasteiger partial charge in [-0.2, -0.15) is 0 Å². The van der Waals surface area contributed by atoms with Gasteiger partial charge in [-0.05, 0) is 41.9 Å². The average Bonchev–Trinajstić information content (AvgIpc) is 2.85. The van der Waals surface area contributed by atoms with Crippen LogP contribution >= 0.6 is 0 Å². The van der Waals surface area contributed by atoms with E-state index in [0.717, 1.165) is 19.5 Å². The highest BCUT2D eigenvalue weighted by Gasteiger charge is 2.43. The monoisotopic (exact) mass is 385 g/mol. The number of amides is 2. The number of likely N-dealkylation sites (tertiary alicyclic amines) is 1. The van der Waals surface area contributed by atoms with Gasteiger partial charge in [-0.25, -0.2) is 0 Å². The van der Waals surface area contributed by atoms with Crippen molar-refractivity contribution in [3.63, 3.8) is 0 Å². The molecule has 150 valence electrons. The van der Waals surface area contributed by atoms with Crippen LogP contribution < -0.4 is 0 Å². The molecule has 0 saturated carbocycles. The van der Waals surface area contributed by atoms with Crippen LogP contribution in [0.1, 0.15) is 39.7 Å². The summed E-state index contributed by atoms with van der Waals surface area (Å²) in [5, 5.41) is 11.0. The highest BCUT2D eigenvalue weighted by Crippen LogP contribution is 2.35. The molecule has 1 fully saturated rings. The first-order valence-corrected chi connectivity index (χ1v) is 9.79. The molecule has 0 spiro atoms. The Balaban J connectivity index is 2.07. The second-order valence-corrected chi connectivity index (χ2v) is 8.49. The molecule has 1 aromatic rings. The van der Waals surface area contributed by atoms with E-state index in [1.165, 1.54) is 17.0 Å². The van der Waals surface area contributed by atoms with Crippen LogP contribution in [-0.2, 0) is 9.59 Å². The summed E-state index contributed by atoms with van der Waals surface area (Å²) in [6.07, 6.45) is 1.09. The van der Waals surface area contributed by atoms with Crippen molar-refractivity contribution in [3.8, 4) is 0 Å². The third kappa shape index (κ3) is 3.79. The molecular weight excluding hydrogens is 358 g/mol. The van der Waals surface area contributed by atoms with E-state index in [-0.39, 0.29) is 23.4 Å². The molecular formula is C21H27N3O4. The first kappa shape index (κ1) is 20.0. The van der Waals surface area contributed by atoms with Crippen molar-refractivity contribution in [3.05, 3.63) is 45.6 Å². The van der Waals surface area contributed by atoms with Crippen LogP contribution in [-0.4, -0.2) is 46.2 Å². The summed E-state index contributed by atoms with van der Waals surface area (Å²) in [6.45, 7) is 10.1. The number of benzene rings is 1. The van der Waals surface area contributed by atoms with Crippen LogP contribution in [0.3, 0.4) is 0 Å². The lowest BCUT2D eigenvalue weighted by Crippen LogP contribution is -2.42. The van der Waals surface area contributed by atoms with Gasteiger partial charge in [-0.3, -0.25) is 24.6 Å². The predicted octanol–water partition coefficient (Wildman–Crippen LogP) is 3.31. The SMILES string of the molecule is CC(C)CN1C(=O)C(c2ccc([N+](=O)[O-])cc2)=C(N2CC(C)CC(C)C2)C1=O. The van der Waals surface area contributed by atoms with Gasteiger partial charge in [0.05, 0.1) is 10.5 Å². The number of hydrogen-bond acceptors (Lipinski definition) is 5. The summed E-state index contributed by atoms with van der Waals surface area (Å²) in [6, 6.07) is 5.89. The van der Waals surface area contributed by atoms with E-state index in [4.69, 9.17) is 0 Å². The van der Waals surface area contributed by atoms with Crippen molar-refractivity contribution in [1.82, 2.24) is 9.80 Å². The van der Waals surface area contributed by atoms with Gasteiger partial charge in [0.1, 0.15) is 5.70 Å². The molecule has 0 aliphatic carbocycles. The number of carbonyl (C=O) groups excluding carboxylic acids is 2. The molecule has 3 rings (SSSR count). The van der Waals surface area contributed by atoms with E-state index in [9.17, 15) is 19.7 Å². The van der Waals surface area contributed by atoms with E-state index in [1.807, 2.05) is 18.7 Å². The van der Waals surface area contributed by atoms with Gasteiger partial charge in [0.25, 0.3) is 17.5 Å². The molecule has 0 N–H and O–H groups in total. The molecule has 2 heterocycles. The zero-order valence-corrected chi connectivity index (χ0v) is 16.8. The van der Waals surface area contributed by atoms with Gasteiger partial charge >= 0.3 is 0 Å². The van der Waals surface area contributed by atoms with Gasteiger partial charge in [0, 0.05) is 31.8 Å². The molecule has 2 aliphatic rings. The van der Waals surface area contributed by atoms with Crippen molar-refractivity contribution >= 4 is 23.1 Å². The summed E-state index contributed by atoms with van der Waals surface area (Å²) < 4.78 is 0. The summed E-state index contributed by atoms with van der Waals surface area (Å²) in [4.78, 5) is 40.2. The third-order valence-electron chi connectivity index (χ3n) is 5.24. The quantitative estimate of drug-likeness (QED) is 0.441. The maximum absolute atomic E-state index is 13.2. The van der Waals surface area contributed by atoms with Crippen LogP contribution in [0.2, 0.25) is 0 Å². The fraction of sp³-hybridized carbons (Fsp3) is 0.524. The molecule has 0 bridgehead atoms. The van der Waals surface area contributed by atoms with Gasteiger partial charge in [0.15, 0.2) is 0 Å². The van der Waals surface area contributed by atoms with Crippen LogP contribution in [0.5, 0.6) is 0 Å². The molecule has 7 heteroatoms.